The standard InChI is InChI=1S/C8H4BrN3O2S2/c9-5-3-6(12(13)14)7(11-4-5)16-8-10-1-2-15-8/h1-4H. The van der Waals surface area contributed by atoms with E-state index < -0.39 is 4.92 Å². The number of nitro groups is 1. The summed E-state index contributed by atoms with van der Waals surface area (Å²) < 4.78 is 1.32. The molecule has 0 radical (unpaired) electrons. The molecule has 0 fully saturated rings. The number of pyridine rings is 1. The molecule has 0 bridgehead atoms. The molecule has 0 N–H and O–H groups in total. The van der Waals surface area contributed by atoms with Crippen LogP contribution in [0.15, 0.2) is 37.7 Å². The minimum Gasteiger partial charge on any atom is -0.258 e. The summed E-state index contributed by atoms with van der Waals surface area (Å²) in [6.45, 7) is 0. The summed E-state index contributed by atoms with van der Waals surface area (Å²) in [6.07, 6.45) is 3.18. The highest BCUT2D eigenvalue weighted by molar-refractivity contribution is 9.10. The zero-order chi connectivity index (χ0) is 11.5. The van der Waals surface area contributed by atoms with Crippen LogP contribution in [0.4, 0.5) is 5.69 Å². The molecule has 0 aliphatic rings. The summed E-state index contributed by atoms with van der Waals surface area (Å²) in [5.41, 5.74) is -0.0189. The smallest absolute Gasteiger partial charge is 0.258 e. The van der Waals surface area contributed by atoms with Crippen molar-refractivity contribution in [1.29, 1.82) is 0 Å². The van der Waals surface area contributed by atoms with Gasteiger partial charge >= 0.3 is 5.69 Å². The molecule has 5 nitrogen and oxygen atoms in total. The van der Waals surface area contributed by atoms with E-state index in [4.69, 9.17) is 0 Å². The van der Waals surface area contributed by atoms with Gasteiger partial charge in [-0.2, -0.15) is 0 Å². The van der Waals surface area contributed by atoms with Crippen LogP contribution in [0, 0.1) is 10.1 Å². The number of rotatable bonds is 3. The highest BCUT2D eigenvalue weighted by Gasteiger charge is 2.17. The Balaban J connectivity index is 2.36. The van der Waals surface area contributed by atoms with Crippen LogP contribution in [-0.2, 0) is 0 Å². The second kappa shape index (κ2) is 4.89. The van der Waals surface area contributed by atoms with Gasteiger partial charge < -0.3 is 0 Å². The molecule has 82 valence electrons. The van der Waals surface area contributed by atoms with Crippen LogP contribution >= 0.6 is 39.0 Å². The molecule has 0 atom stereocenters. The summed E-state index contributed by atoms with van der Waals surface area (Å²) in [6, 6.07) is 1.43. The van der Waals surface area contributed by atoms with Crippen molar-refractivity contribution < 1.29 is 4.92 Å². The van der Waals surface area contributed by atoms with Crippen molar-refractivity contribution in [2.24, 2.45) is 0 Å². The van der Waals surface area contributed by atoms with Gasteiger partial charge in [-0.15, -0.1) is 11.3 Å². The van der Waals surface area contributed by atoms with Gasteiger partial charge in [0.05, 0.1) is 4.92 Å². The van der Waals surface area contributed by atoms with E-state index in [9.17, 15) is 10.1 Å². The first-order chi connectivity index (χ1) is 7.66. The van der Waals surface area contributed by atoms with E-state index in [-0.39, 0.29) is 5.69 Å². The number of aromatic nitrogens is 2. The van der Waals surface area contributed by atoms with Crippen molar-refractivity contribution in [3.63, 3.8) is 0 Å². The molecule has 0 spiro atoms. The van der Waals surface area contributed by atoms with Crippen molar-refractivity contribution >= 4 is 44.7 Å². The zero-order valence-corrected chi connectivity index (χ0v) is 10.9. The van der Waals surface area contributed by atoms with Crippen molar-refractivity contribution in [3.05, 3.63) is 38.4 Å². The Labute approximate surface area is 107 Å². The Morgan fingerprint density at radius 1 is 1.50 bits per heavy atom. The number of halogens is 1. The zero-order valence-electron chi connectivity index (χ0n) is 7.66. The molecule has 0 unspecified atom stereocenters. The maximum atomic E-state index is 10.8. The van der Waals surface area contributed by atoms with E-state index in [1.165, 1.54) is 35.4 Å². The van der Waals surface area contributed by atoms with Crippen LogP contribution in [0.5, 0.6) is 0 Å². The molecule has 0 saturated carbocycles. The minimum absolute atomic E-state index is 0.0189. The van der Waals surface area contributed by atoms with Gasteiger partial charge in [0.1, 0.15) is 0 Å². The molecule has 0 aliphatic heterocycles. The fourth-order valence-electron chi connectivity index (χ4n) is 0.969. The number of thiazole rings is 1. The Morgan fingerprint density at radius 2 is 2.31 bits per heavy atom. The van der Waals surface area contributed by atoms with Gasteiger partial charge in [-0.3, -0.25) is 10.1 Å². The largest absolute Gasteiger partial charge is 0.302 e. The average Bonchev–Trinajstić information content (AvgIpc) is 2.73. The normalized spacial score (nSPS) is 10.3. The quantitative estimate of drug-likeness (QED) is 0.641. The average molecular weight is 318 g/mol. The molecule has 0 saturated heterocycles. The Kier molecular flexibility index (Phi) is 3.52. The van der Waals surface area contributed by atoms with Crippen LogP contribution in [0.25, 0.3) is 0 Å². The lowest BCUT2D eigenvalue weighted by molar-refractivity contribution is -0.388. The van der Waals surface area contributed by atoms with Gasteiger partial charge in [0, 0.05) is 28.3 Å². The van der Waals surface area contributed by atoms with Crippen molar-refractivity contribution in [1.82, 2.24) is 9.97 Å². The predicted octanol–water partition coefficient (Wildman–Crippen LogP) is 3.36. The molecular formula is C8H4BrN3O2S2. The van der Waals surface area contributed by atoms with Gasteiger partial charge in [0.25, 0.3) is 0 Å². The summed E-state index contributed by atoms with van der Waals surface area (Å²) >= 11 is 5.76. The van der Waals surface area contributed by atoms with E-state index in [2.05, 4.69) is 25.9 Å². The maximum Gasteiger partial charge on any atom is 0.302 e. The summed E-state index contributed by atoms with van der Waals surface area (Å²) in [5.74, 6) is 0. The van der Waals surface area contributed by atoms with E-state index in [0.717, 1.165) is 4.34 Å². The van der Waals surface area contributed by atoms with Crippen LogP contribution < -0.4 is 0 Å². The van der Waals surface area contributed by atoms with Crippen LogP contribution in [0.3, 0.4) is 0 Å². The highest BCUT2D eigenvalue weighted by Crippen LogP contribution is 2.35. The monoisotopic (exact) mass is 317 g/mol. The number of hydrogen-bond acceptors (Lipinski definition) is 6. The first kappa shape index (κ1) is 11.5. The minimum atomic E-state index is -0.451. The molecule has 0 aliphatic carbocycles. The summed E-state index contributed by atoms with van der Waals surface area (Å²) in [4.78, 5) is 18.4. The predicted molar refractivity (Wildman–Crippen MR) is 64.8 cm³/mol. The van der Waals surface area contributed by atoms with Crippen molar-refractivity contribution in [2.45, 2.75) is 9.37 Å². The third-order valence-electron chi connectivity index (χ3n) is 1.59. The van der Waals surface area contributed by atoms with E-state index in [1.54, 1.807) is 6.20 Å². The Morgan fingerprint density at radius 3 is 2.94 bits per heavy atom. The number of nitrogens with zero attached hydrogens (tertiary/aromatic N) is 3. The molecule has 2 aromatic rings. The lowest BCUT2D eigenvalue weighted by Crippen LogP contribution is -1.93. The van der Waals surface area contributed by atoms with Gasteiger partial charge in [0.2, 0.25) is 0 Å². The van der Waals surface area contributed by atoms with Gasteiger partial charge in [-0.1, -0.05) is 0 Å². The van der Waals surface area contributed by atoms with E-state index in [0.29, 0.717) is 9.50 Å². The third-order valence-corrected chi connectivity index (χ3v) is 3.91. The fourth-order valence-corrected chi connectivity index (χ4v) is 2.87. The van der Waals surface area contributed by atoms with Gasteiger partial charge in [-0.25, -0.2) is 9.97 Å². The molecule has 0 amide bonds. The lowest BCUT2D eigenvalue weighted by Gasteiger charge is -1.99. The molecule has 2 rings (SSSR count). The topological polar surface area (TPSA) is 68.9 Å². The van der Waals surface area contributed by atoms with E-state index in [1.807, 2.05) is 5.38 Å². The fraction of sp³-hybridized carbons (Fsp3) is 0. The number of hydrogen-bond donors (Lipinski definition) is 0. The second-order valence-corrected chi connectivity index (χ2v) is 5.68. The molecule has 16 heavy (non-hydrogen) atoms. The van der Waals surface area contributed by atoms with Crippen molar-refractivity contribution in [2.75, 3.05) is 0 Å². The third kappa shape index (κ3) is 2.57. The summed E-state index contributed by atoms with van der Waals surface area (Å²) in [7, 11) is 0. The van der Waals surface area contributed by atoms with Crippen molar-refractivity contribution in [3.8, 4) is 0 Å². The Hall–Kier alpha value is -0.990. The highest BCUT2D eigenvalue weighted by atomic mass is 79.9. The first-order valence-corrected chi connectivity index (χ1v) is 6.53. The van der Waals surface area contributed by atoms with Gasteiger partial charge in [0.15, 0.2) is 9.37 Å². The molecular weight excluding hydrogens is 314 g/mol. The first-order valence-electron chi connectivity index (χ1n) is 4.04. The molecule has 0 aromatic carbocycles. The van der Waals surface area contributed by atoms with Crippen LogP contribution in [0.1, 0.15) is 0 Å². The van der Waals surface area contributed by atoms with Crippen LogP contribution in [0.2, 0.25) is 0 Å². The maximum absolute atomic E-state index is 10.8. The van der Waals surface area contributed by atoms with Gasteiger partial charge in [-0.05, 0) is 27.7 Å². The Bertz CT molecular complexity index is 518. The molecule has 8 heteroatoms. The molecule has 2 heterocycles. The van der Waals surface area contributed by atoms with Crippen LogP contribution in [-0.4, -0.2) is 14.9 Å². The second-order valence-electron chi connectivity index (χ2n) is 2.63. The van der Waals surface area contributed by atoms with E-state index >= 15 is 0 Å². The SMILES string of the molecule is O=[N+]([O-])c1cc(Br)cnc1Sc1nccs1. The summed E-state index contributed by atoms with van der Waals surface area (Å²) in [5, 5.41) is 13.0. The molecule has 2 aromatic heterocycles. The lowest BCUT2D eigenvalue weighted by atomic mass is 10.4.